The molecule has 2 aromatic rings. The van der Waals surface area contributed by atoms with Gasteiger partial charge in [0, 0.05) is 12.7 Å². The Morgan fingerprint density at radius 3 is 2.57 bits per heavy atom. The van der Waals surface area contributed by atoms with Crippen molar-refractivity contribution >= 4 is 5.69 Å². The van der Waals surface area contributed by atoms with Crippen molar-refractivity contribution in [3.05, 3.63) is 30.6 Å². The van der Waals surface area contributed by atoms with Crippen LogP contribution in [0, 0.1) is 0 Å². The lowest BCUT2D eigenvalue weighted by atomic mass is 10.3. The monoisotopic (exact) mass is 190 g/mol. The van der Waals surface area contributed by atoms with Crippen LogP contribution in [-0.4, -0.2) is 14.8 Å². The van der Waals surface area contributed by atoms with Crippen molar-refractivity contribution in [3.63, 3.8) is 0 Å². The number of hydrogen-bond acceptors (Lipinski definition) is 4. The number of benzene rings is 1. The lowest BCUT2D eigenvalue weighted by molar-refractivity contribution is 0.439. The summed E-state index contributed by atoms with van der Waals surface area (Å²) >= 11 is 0. The zero-order chi connectivity index (χ0) is 9.97. The molecule has 2 N–H and O–H groups in total. The number of nitrogens with zero attached hydrogens (tertiary/aromatic N) is 3. The first-order chi connectivity index (χ1) is 6.74. The number of nitrogen functional groups attached to an aromatic ring is 1. The van der Waals surface area contributed by atoms with Gasteiger partial charge in [0.25, 0.3) is 0 Å². The van der Waals surface area contributed by atoms with Crippen LogP contribution in [0.2, 0.25) is 0 Å². The van der Waals surface area contributed by atoms with E-state index < -0.39 is 0 Å². The molecule has 0 aliphatic rings. The fourth-order valence-corrected chi connectivity index (χ4v) is 1.01. The first-order valence-corrected chi connectivity index (χ1v) is 4.13. The molecule has 5 nitrogen and oxygen atoms in total. The van der Waals surface area contributed by atoms with Crippen molar-refractivity contribution in [2.24, 2.45) is 7.05 Å². The number of rotatable bonds is 2. The summed E-state index contributed by atoms with van der Waals surface area (Å²) in [6.45, 7) is 0. The van der Waals surface area contributed by atoms with Crippen molar-refractivity contribution in [1.82, 2.24) is 14.8 Å². The molecule has 72 valence electrons. The van der Waals surface area contributed by atoms with E-state index in [-0.39, 0.29) is 0 Å². The molecule has 1 aromatic heterocycles. The standard InChI is InChI=1S/C9H10N4O/c1-13-6-11-9(12-13)14-8-4-2-7(10)3-5-8/h2-6H,10H2,1H3. The van der Waals surface area contributed by atoms with E-state index in [4.69, 9.17) is 10.5 Å². The van der Waals surface area contributed by atoms with Crippen molar-refractivity contribution in [1.29, 1.82) is 0 Å². The molecule has 0 spiro atoms. The van der Waals surface area contributed by atoms with Crippen molar-refractivity contribution in [2.75, 3.05) is 5.73 Å². The van der Waals surface area contributed by atoms with Gasteiger partial charge in [-0.05, 0) is 24.3 Å². The molecular formula is C9H10N4O. The van der Waals surface area contributed by atoms with Crippen LogP contribution in [0.4, 0.5) is 5.69 Å². The first-order valence-electron chi connectivity index (χ1n) is 4.13. The normalized spacial score (nSPS) is 10.1. The average Bonchev–Trinajstić information content (AvgIpc) is 2.56. The van der Waals surface area contributed by atoms with Crippen LogP contribution in [0.25, 0.3) is 0 Å². The minimum atomic E-state index is 0.331. The highest BCUT2D eigenvalue weighted by molar-refractivity contribution is 5.42. The summed E-state index contributed by atoms with van der Waals surface area (Å²) in [4.78, 5) is 3.93. The summed E-state index contributed by atoms with van der Waals surface area (Å²) in [5.41, 5.74) is 6.23. The van der Waals surface area contributed by atoms with E-state index in [0.717, 1.165) is 0 Å². The van der Waals surface area contributed by atoms with Gasteiger partial charge < -0.3 is 10.5 Å². The van der Waals surface area contributed by atoms with E-state index in [2.05, 4.69) is 10.1 Å². The van der Waals surface area contributed by atoms with Gasteiger partial charge >= 0.3 is 6.01 Å². The minimum Gasteiger partial charge on any atom is -0.423 e. The number of anilines is 1. The summed E-state index contributed by atoms with van der Waals surface area (Å²) < 4.78 is 6.93. The van der Waals surface area contributed by atoms with E-state index in [9.17, 15) is 0 Å². The summed E-state index contributed by atoms with van der Waals surface area (Å²) in [5.74, 6) is 0.672. The summed E-state index contributed by atoms with van der Waals surface area (Å²) in [6, 6.07) is 7.39. The molecule has 0 amide bonds. The van der Waals surface area contributed by atoms with E-state index >= 15 is 0 Å². The molecule has 0 unspecified atom stereocenters. The lowest BCUT2D eigenvalue weighted by Crippen LogP contribution is -1.90. The van der Waals surface area contributed by atoms with Crippen molar-refractivity contribution < 1.29 is 4.74 Å². The largest absolute Gasteiger partial charge is 0.423 e. The van der Waals surface area contributed by atoms with Crippen LogP contribution in [0.1, 0.15) is 0 Å². The maximum Gasteiger partial charge on any atom is 0.340 e. The molecule has 1 heterocycles. The summed E-state index contributed by atoms with van der Waals surface area (Å²) in [5, 5.41) is 3.98. The van der Waals surface area contributed by atoms with E-state index in [1.165, 1.54) is 0 Å². The Morgan fingerprint density at radius 2 is 2.00 bits per heavy atom. The molecule has 0 aliphatic heterocycles. The molecular weight excluding hydrogens is 180 g/mol. The van der Waals surface area contributed by atoms with Gasteiger partial charge in [0.15, 0.2) is 0 Å². The predicted molar refractivity (Wildman–Crippen MR) is 51.9 cm³/mol. The van der Waals surface area contributed by atoms with Gasteiger partial charge in [0.2, 0.25) is 0 Å². The molecule has 0 fully saturated rings. The Balaban J connectivity index is 2.15. The van der Waals surface area contributed by atoms with Gasteiger partial charge in [-0.3, -0.25) is 4.68 Å². The second-order valence-electron chi connectivity index (χ2n) is 2.87. The average molecular weight is 190 g/mol. The fraction of sp³-hybridized carbons (Fsp3) is 0.111. The highest BCUT2D eigenvalue weighted by Gasteiger charge is 2.00. The van der Waals surface area contributed by atoms with Crippen LogP contribution in [0.3, 0.4) is 0 Å². The molecule has 0 atom stereocenters. The van der Waals surface area contributed by atoms with Gasteiger partial charge in [-0.15, -0.1) is 5.10 Å². The van der Waals surface area contributed by atoms with Crippen LogP contribution in [0.15, 0.2) is 30.6 Å². The molecule has 1 aromatic carbocycles. The van der Waals surface area contributed by atoms with Gasteiger partial charge in [-0.1, -0.05) is 0 Å². The van der Waals surface area contributed by atoms with E-state index in [0.29, 0.717) is 17.4 Å². The number of aryl methyl sites for hydroxylation is 1. The van der Waals surface area contributed by atoms with Gasteiger partial charge in [0.1, 0.15) is 12.1 Å². The Bertz CT molecular complexity index is 421. The highest BCUT2D eigenvalue weighted by atomic mass is 16.5. The molecule has 0 radical (unpaired) electrons. The number of aromatic nitrogens is 3. The molecule has 0 saturated carbocycles. The van der Waals surface area contributed by atoms with E-state index in [1.807, 2.05) is 0 Å². The second kappa shape index (κ2) is 3.37. The summed E-state index contributed by atoms with van der Waals surface area (Å²) in [7, 11) is 1.78. The van der Waals surface area contributed by atoms with E-state index in [1.54, 1.807) is 42.3 Å². The third-order valence-electron chi connectivity index (χ3n) is 1.67. The van der Waals surface area contributed by atoms with Crippen molar-refractivity contribution in [3.8, 4) is 11.8 Å². The summed E-state index contributed by atoms with van der Waals surface area (Å²) in [6.07, 6.45) is 1.58. The molecule has 0 saturated heterocycles. The molecule has 0 aliphatic carbocycles. The number of ether oxygens (including phenoxy) is 1. The molecule has 0 bridgehead atoms. The predicted octanol–water partition coefficient (Wildman–Crippen LogP) is 1.19. The minimum absolute atomic E-state index is 0.331. The Hall–Kier alpha value is -2.04. The fourth-order valence-electron chi connectivity index (χ4n) is 1.01. The zero-order valence-corrected chi connectivity index (χ0v) is 7.71. The van der Waals surface area contributed by atoms with Crippen LogP contribution in [-0.2, 0) is 7.05 Å². The Morgan fingerprint density at radius 1 is 1.29 bits per heavy atom. The molecule has 14 heavy (non-hydrogen) atoms. The third-order valence-corrected chi connectivity index (χ3v) is 1.67. The highest BCUT2D eigenvalue weighted by Crippen LogP contribution is 2.18. The van der Waals surface area contributed by atoms with Crippen LogP contribution < -0.4 is 10.5 Å². The van der Waals surface area contributed by atoms with Gasteiger partial charge in [-0.25, -0.2) is 0 Å². The SMILES string of the molecule is Cn1cnc(Oc2ccc(N)cc2)n1. The third kappa shape index (κ3) is 1.82. The topological polar surface area (TPSA) is 66.0 Å². The van der Waals surface area contributed by atoms with Gasteiger partial charge in [0.05, 0.1) is 0 Å². The quantitative estimate of drug-likeness (QED) is 0.722. The lowest BCUT2D eigenvalue weighted by Gasteiger charge is -2.00. The maximum absolute atomic E-state index is 5.53. The van der Waals surface area contributed by atoms with Gasteiger partial charge in [-0.2, -0.15) is 4.98 Å². The van der Waals surface area contributed by atoms with Crippen LogP contribution in [0.5, 0.6) is 11.8 Å². The Kier molecular flexibility index (Phi) is 2.06. The molecule has 2 rings (SSSR count). The smallest absolute Gasteiger partial charge is 0.340 e. The molecule has 5 heteroatoms. The Labute approximate surface area is 81.1 Å². The maximum atomic E-state index is 5.53. The zero-order valence-electron chi connectivity index (χ0n) is 7.71. The number of nitrogens with two attached hydrogens (primary N) is 1. The second-order valence-corrected chi connectivity index (χ2v) is 2.87. The first kappa shape index (κ1) is 8.55. The number of hydrogen-bond donors (Lipinski definition) is 1. The van der Waals surface area contributed by atoms with Crippen LogP contribution >= 0.6 is 0 Å². The van der Waals surface area contributed by atoms with Crippen molar-refractivity contribution in [2.45, 2.75) is 0 Å².